The third kappa shape index (κ3) is 3.22. The average molecular weight is 393 g/mol. The Morgan fingerprint density at radius 1 is 0.767 bits per heavy atom. The molecule has 0 fully saturated rings. The summed E-state index contributed by atoms with van der Waals surface area (Å²) in [6.45, 7) is 3.63. The van der Waals surface area contributed by atoms with Crippen LogP contribution in [0.1, 0.15) is 33.2 Å². The Balaban J connectivity index is 1.51. The minimum Gasteiger partial charge on any atom is -0.348 e. The monoisotopic (exact) mass is 392 g/mol. The first kappa shape index (κ1) is 18.4. The van der Waals surface area contributed by atoms with Gasteiger partial charge in [0.2, 0.25) is 0 Å². The second kappa shape index (κ2) is 7.68. The highest BCUT2D eigenvalue weighted by Crippen LogP contribution is 2.35. The second-order valence-electron chi connectivity index (χ2n) is 7.83. The van der Waals surface area contributed by atoms with E-state index < -0.39 is 0 Å². The van der Waals surface area contributed by atoms with Gasteiger partial charge in [-0.15, -0.1) is 0 Å². The molecule has 148 valence electrons. The minimum atomic E-state index is -0.0729. The highest BCUT2D eigenvalue weighted by Gasteiger charge is 2.33. The first-order valence-corrected chi connectivity index (χ1v) is 10.4. The molecular formula is C27H24N2O. The van der Waals surface area contributed by atoms with Crippen LogP contribution in [-0.2, 0) is 6.54 Å². The van der Waals surface area contributed by atoms with E-state index in [4.69, 9.17) is 0 Å². The highest BCUT2D eigenvalue weighted by atomic mass is 16.2. The maximum absolute atomic E-state index is 13.6. The van der Waals surface area contributed by atoms with E-state index in [2.05, 4.69) is 66.2 Å². The van der Waals surface area contributed by atoms with Gasteiger partial charge in [0, 0.05) is 30.5 Å². The highest BCUT2D eigenvalue weighted by molar-refractivity contribution is 5.95. The average Bonchev–Trinajstić information content (AvgIpc) is 3.28. The number of nitrogens with zero attached hydrogens (tertiary/aromatic N) is 2. The van der Waals surface area contributed by atoms with Gasteiger partial charge in [0.25, 0.3) is 5.91 Å². The van der Waals surface area contributed by atoms with Crippen LogP contribution in [0.2, 0.25) is 0 Å². The van der Waals surface area contributed by atoms with E-state index in [1.54, 1.807) is 0 Å². The molecule has 0 saturated heterocycles. The third-order valence-electron chi connectivity index (χ3n) is 6.02. The summed E-state index contributed by atoms with van der Waals surface area (Å²) in [5, 5.41) is 0. The van der Waals surface area contributed by atoms with Crippen LogP contribution in [0.3, 0.4) is 0 Å². The summed E-state index contributed by atoms with van der Waals surface area (Å²) in [5.41, 5.74) is 6.57. The Labute approximate surface area is 177 Å². The van der Waals surface area contributed by atoms with E-state index in [-0.39, 0.29) is 11.9 Å². The van der Waals surface area contributed by atoms with Crippen LogP contribution in [0, 0.1) is 6.92 Å². The molecule has 0 spiro atoms. The number of hydrogen-bond donors (Lipinski definition) is 0. The third-order valence-corrected chi connectivity index (χ3v) is 6.02. The number of fused-ring (bicyclic) bond motifs is 1. The second-order valence-corrected chi connectivity index (χ2v) is 7.83. The summed E-state index contributed by atoms with van der Waals surface area (Å²) in [5.74, 6) is 0.0790. The smallest absolute Gasteiger partial charge is 0.254 e. The van der Waals surface area contributed by atoms with Crippen LogP contribution in [-0.4, -0.2) is 21.9 Å². The van der Waals surface area contributed by atoms with Crippen molar-refractivity contribution in [1.82, 2.24) is 9.47 Å². The molecule has 0 radical (unpaired) electrons. The lowest BCUT2D eigenvalue weighted by Gasteiger charge is -2.38. The first-order chi connectivity index (χ1) is 14.7. The lowest BCUT2D eigenvalue weighted by atomic mass is 9.95. The van der Waals surface area contributed by atoms with Crippen molar-refractivity contribution in [3.05, 3.63) is 120 Å². The van der Waals surface area contributed by atoms with Crippen molar-refractivity contribution in [1.29, 1.82) is 0 Å². The van der Waals surface area contributed by atoms with Crippen LogP contribution < -0.4 is 0 Å². The predicted molar refractivity (Wildman–Crippen MR) is 120 cm³/mol. The lowest BCUT2D eigenvalue weighted by molar-refractivity contribution is 0.0663. The van der Waals surface area contributed by atoms with Gasteiger partial charge in [0.15, 0.2) is 0 Å². The van der Waals surface area contributed by atoms with Gasteiger partial charge < -0.3 is 9.47 Å². The molecule has 1 aliphatic rings. The maximum Gasteiger partial charge on any atom is 0.254 e. The zero-order valence-corrected chi connectivity index (χ0v) is 17.0. The number of amides is 1. The molecule has 3 nitrogen and oxygen atoms in total. The number of benzene rings is 3. The summed E-state index contributed by atoms with van der Waals surface area (Å²) < 4.78 is 2.26. The van der Waals surface area contributed by atoms with Gasteiger partial charge in [-0.3, -0.25) is 4.79 Å². The summed E-state index contributed by atoms with van der Waals surface area (Å²) in [4.78, 5) is 15.6. The van der Waals surface area contributed by atoms with Crippen molar-refractivity contribution in [2.45, 2.75) is 19.5 Å². The van der Waals surface area contributed by atoms with E-state index >= 15 is 0 Å². The standard InChI is InChI=1S/C27H24N2O/c1-20-8-5-6-11-24(20)26-25-12-7-17-28(25)18-19-29(26)27(30)23-15-13-22(14-16-23)21-9-3-2-4-10-21/h2-17,26H,18-19H2,1H3/t26-/m0/s1. The number of rotatable bonds is 3. The van der Waals surface area contributed by atoms with Crippen LogP contribution in [0.25, 0.3) is 11.1 Å². The van der Waals surface area contributed by atoms with Crippen molar-refractivity contribution in [2.75, 3.05) is 6.54 Å². The van der Waals surface area contributed by atoms with Gasteiger partial charge in [-0.05, 0) is 53.4 Å². The SMILES string of the molecule is Cc1ccccc1[C@H]1c2cccn2CCN1C(=O)c1ccc(-c2ccccc2)cc1. The maximum atomic E-state index is 13.6. The fourth-order valence-electron chi connectivity index (χ4n) is 4.42. The molecule has 4 aromatic rings. The molecule has 0 N–H and O–H groups in total. The van der Waals surface area contributed by atoms with E-state index in [0.717, 1.165) is 23.2 Å². The molecule has 1 amide bonds. The van der Waals surface area contributed by atoms with Gasteiger partial charge in [0.05, 0.1) is 6.04 Å². The predicted octanol–water partition coefficient (Wildman–Crippen LogP) is 5.71. The van der Waals surface area contributed by atoms with Crippen LogP contribution >= 0.6 is 0 Å². The quantitative estimate of drug-likeness (QED) is 0.438. The van der Waals surface area contributed by atoms with Crippen molar-refractivity contribution < 1.29 is 4.79 Å². The van der Waals surface area contributed by atoms with Crippen LogP contribution in [0.4, 0.5) is 0 Å². The van der Waals surface area contributed by atoms with E-state index in [0.29, 0.717) is 6.54 Å². The normalized spacial score (nSPS) is 15.6. The molecule has 1 atom stereocenters. The Morgan fingerprint density at radius 3 is 2.23 bits per heavy atom. The molecule has 0 unspecified atom stereocenters. The summed E-state index contributed by atoms with van der Waals surface area (Å²) in [7, 11) is 0. The Bertz CT molecular complexity index is 1170. The van der Waals surface area contributed by atoms with E-state index in [9.17, 15) is 4.79 Å². The van der Waals surface area contributed by atoms with Gasteiger partial charge in [0.1, 0.15) is 0 Å². The van der Waals surface area contributed by atoms with Gasteiger partial charge in [-0.25, -0.2) is 0 Å². The summed E-state index contributed by atoms with van der Waals surface area (Å²) in [6.07, 6.45) is 2.11. The minimum absolute atomic E-state index is 0.0729. The zero-order valence-electron chi connectivity index (χ0n) is 17.0. The first-order valence-electron chi connectivity index (χ1n) is 10.4. The van der Waals surface area contributed by atoms with Gasteiger partial charge >= 0.3 is 0 Å². The van der Waals surface area contributed by atoms with Crippen LogP contribution in [0.15, 0.2) is 97.2 Å². The largest absolute Gasteiger partial charge is 0.348 e. The Kier molecular flexibility index (Phi) is 4.72. The molecule has 3 heteroatoms. The fraction of sp³-hybridized carbons (Fsp3) is 0.148. The molecular weight excluding hydrogens is 368 g/mol. The number of carbonyl (C=O) groups is 1. The van der Waals surface area contributed by atoms with Crippen molar-refractivity contribution in [3.63, 3.8) is 0 Å². The fourth-order valence-corrected chi connectivity index (χ4v) is 4.42. The molecule has 3 aromatic carbocycles. The van der Waals surface area contributed by atoms with Crippen molar-refractivity contribution >= 4 is 5.91 Å². The zero-order chi connectivity index (χ0) is 20.5. The molecule has 5 rings (SSSR count). The van der Waals surface area contributed by atoms with Crippen LogP contribution in [0.5, 0.6) is 0 Å². The number of carbonyl (C=O) groups excluding carboxylic acids is 1. The Morgan fingerprint density at radius 2 is 1.47 bits per heavy atom. The van der Waals surface area contributed by atoms with E-state index in [1.807, 2.05) is 47.4 Å². The topological polar surface area (TPSA) is 25.2 Å². The molecule has 30 heavy (non-hydrogen) atoms. The van der Waals surface area contributed by atoms with Crippen molar-refractivity contribution in [2.24, 2.45) is 0 Å². The number of hydrogen-bond acceptors (Lipinski definition) is 1. The molecule has 2 heterocycles. The molecule has 0 saturated carbocycles. The number of aryl methyl sites for hydroxylation is 1. The van der Waals surface area contributed by atoms with Crippen molar-refractivity contribution in [3.8, 4) is 11.1 Å². The molecule has 0 aliphatic carbocycles. The molecule has 0 bridgehead atoms. The lowest BCUT2D eigenvalue weighted by Crippen LogP contribution is -2.42. The van der Waals surface area contributed by atoms with Gasteiger partial charge in [-0.1, -0.05) is 66.7 Å². The Hall–Kier alpha value is -3.59. The number of aromatic nitrogens is 1. The summed E-state index contributed by atoms with van der Waals surface area (Å²) in [6, 6.07) is 30.7. The summed E-state index contributed by atoms with van der Waals surface area (Å²) >= 11 is 0. The van der Waals surface area contributed by atoms with E-state index in [1.165, 1.54) is 16.8 Å². The molecule has 1 aromatic heterocycles. The molecule has 1 aliphatic heterocycles. The van der Waals surface area contributed by atoms with Gasteiger partial charge in [-0.2, -0.15) is 0 Å².